The number of amides is 1. The molecule has 10 nitrogen and oxygen atoms in total. The topological polar surface area (TPSA) is 111 Å². The van der Waals surface area contributed by atoms with Crippen molar-refractivity contribution in [2.75, 3.05) is 39.4 Å². The average molecular weight is 688 g/mol. The number of halogens is 1. The van der Waals surface area contributed by atoms with Crippen LogP contribution in [0, 0.1) is 5.92 Å². The molecular weight excluding hydrogens is 656 g/mol. The molecule has 1 saturated heterocycles. The number of carbonyl (C=O) groups excluding carboxylic acids is 1. The zero-order valence-corrected chi connectivity index (χ0v) is 27.3. The maximum atomic E-state index is 13.9. The Morgan fingerprint density at radius 1 is 1.02 bits per heavy atom. The van der Waals surface area contributed by atoms with Crippen molar-refractivity contribution in [3.05, 3.63) is 70.2 Å². The summed E-state index contributed by atoms with van der Waals surface area (Å²) in [5.41, 5.74) is 1.56. The molecule has 0 aliphatic carbocycles. The van der Waals surface area contributed by atoms with Gasteiger partial charge in [0.2, 0.25) is 20.9 Å². The Morgan fingerprint density at radius 2 is 1.67 bits per heavy atom. The Labute approximate surface area is 263 Å². The highest BCUT2D eigenvalue weighted by atomic mass is 79.9. The lowest BCUT2D eigenvalue weighted by atomic mass is 10.0. The van der Waals surface area contributed by atoms with Crippen LogP contribution in [0.5, 0.6) is 17.2 Å². The third kappa shape index (κ3) is 6.54. The van der Waals surface area contributed by atoms with Crippen LogP contribution < -0.4 is 19.2 Å². The van der Waals surface area contributed by atoms with E-state index < -0.39 is 15.9 Å². The molecule has 2 heterocycles. The molecule has 1 aromatic heterocycles. The van der Waals surface area contributed by atoms with Crippen molar-refractivity contribution in [2.45, 2.75) is 24.7 Å². The van der Waals surface area contributed by atoms with Gasteiger partial charge < -0.3 is 14.2 Å². The Kier molecular flexibility index (Phi) is 9.35. The monoisotopic (exact) mass is 686 g/mol. The van der Waals surface area contributed by atoms with E-state index in [1.807, 2.05) is 18.2 Å². The zero-order valence-electron chi connectivity index (χ0n) is 24.1. The summed E-state index contributed by atoms with van der Waals surface area (Å²) in [4.78, 5) is 18.7. The first-order chi connectivity index (χ1) is 20.6. The van der Waals surface area contributed by atoms with Gasteiger partial charge >= 0.3 is 0 Å². The molecule has 0 unspecified atom stereocenters. The molecule has 4 aromatic rings. The van der Waals surface area contributed by atoms with E-state index in [-0.39, 0.29) is 10.5 Å². The molecule has 1 amide bonds. The van der Waals surface area contributed by atoms with Crippen LogP contribution in [-0.4, -0.2) is 64.2 Å². The van der Waals surface area contributed by atoms with Crippen molar-refractivity contribution >= 4 is 64.8 Å². The molecular formula is C30H31BrN4O6S2. The van der Waals surface area contributed by atoms with Crippen LogP contribution in [0.1, 0.15) is 35.7 Å². The van der Waals surface area contributed by atoms with Crippen molar-refractivity contribution in [2.24, 2.45) is 11.0 Å². The first-order valence-electron chi connectivity index (χ1n) is 13.5. The van der Waals surface area contributed by atoms with Crippen LogP contribution in [0.4, 0.5) is 5.13 Å². The van der Waals surface area contributed by atoms with E-state index in [1.54, 1.807) is 12.1 Å². The normalized spacial score (nSPS) is 14.7. The van der Waals surface area contributed by atoms with E-state index in [0.717, 1.165) is 22.0 Å². The van der Waals surface area contributed by atoms with Gasteiger partial charge in [-0.15, -0.1) is 0 Å². The average Bonchev–Trinajstić information content (AvgIpc) is 3.43. The summed E-state index contributed by atoms with van der Waals surface area (Å²) in [6, 6.07) is 15.0. The number of benzene rings is 3. The number of piperidine rings is 1. The van der Waals surface area contributed by atoms with Gasteiger partial charge in [-0.25, -0.2) is 13.4 Å². The lowest BCUT2D eigenvalue weighted by Gasteiger charge is -2.29. The number of rotatable bonds is 9. The van der Waals surface area contributed by atoms with E-state index >= 15 is 0 Å². The summed E-state index contributed by atoms with van der Waals surface area (Å²) in [6.07, 6.45) is 3.15. The van der Waals surface area contributed by atoms with Gasteiger partial charge in [-0.05, 0) is 73.4 Å². The quantitative estimate of drug-likeness (QED) is 0.153. The Balaban J connectivity index is 1.50. The second-order valence-electron chi connectivity index (χ2n) is 10.0. The minimum Gasteiger partial charge on any atom is -0.493 e. The molecule has 0 N–H and O–H groups in total. The fourth-order valence-corrected chi connectivity index (χ4v) is 7.68. The molecule has 0 atom stereocenters. The molecule has 0 bridgehead atoms. The number of methoxy groups -OCH3 is 3. The van der Waals surface area contributed by atoms with Crippen molar-refractivity contribution in [1.29, 1.82) is 0 Å². The van der Waals surface area contributed by atoms with E-state index in [0.29, 0.717) is 52.5 Å². The second-order valence-corrected chi connectivity index (χ2v) is 13.9. The van der Waals surface area contributed by atoms with Crippen LogP contribution in [0.25, 0.3) is 10.2 Å². The number of ether oxygens (including phenoxy) is 3. The van der Waals surface area contributed by atoms with Crippen LogP contribution >= 0.6 is 27.3 Å². The Morgan fingerprint density at radius 3 is 2.28 bits per heavy atom. The van der Waals surface area contributed by atoms with Gasteiger partial charge in [-0.2, -0.15) is 14.4 Å². The van der Waals surface area contributed by atoms with Crippen molar-refractivity contribution in [3.63, 3.8) is 0 Å². The number of thiazole rings is 1. The fraction of sp³-hybridized carbons (Fsp3) is 0.300. The van der Waals surface area contributed by atoms with Gasteiger partial charge in [0.05, 0.1) is 42.7 Å². The summed E-state index contributed by atoms with van der Waals surface area (Å²) in [5, 5.41) is 6.09. The van der Waals surface area contributed by atoms with Gasteiger partial charge in [0, 0.05) is 28.7 Å². The van der Waals surface area contributed by atoms with Crippen molar-refractivity contribution < 1.29 is 27.4 Å². The molecule has 13 heteroatoms. The second kappa shape index (κ2) is 13.0. The highest BCUT2D eigenvalue weighted by Crippen LogP contribution is 2.38. The highest BCUT2D eigenvalue weighted by molar-refractivity contribution is 9.10. The first-order valence-corrected chi connectivity index (χ1v) is 16.5. The summed E-state index contributed by atoms with van der Waals surface area (Å²) in [6.45, 7) is 3.10. The van der Waals surface area contributed by atoms with E-state index in [1.165, 1.54) is 72.5 Å². The molecule has 1 aliphatic heterocycles. The number of aromatic nitrogens is 1. The third-order valence-corrected chi connectivity index (χ3v) is 10.6. The minimum absolute atomic E-state index is 0.149. The van der Waals surface area contributed by atoms with E-state index in [4.69, 9.17) is 14.2 Å². The molecule has 43 heavy (non-hydrogen) atoms. The molecule has 226 valence electrons. The molecule has 3 aromatic carbocycles. The highest BCUT2D eigenvalue weighted by Gasteiger charge is 2.29. The largest absolute Gasteiger partial charge is 0.493 e. The summed E-state index contributed by atoms with van der Waals surface area (Å²) >= 11 is 4.78. The third-order valence-electron chi connectivity index (χ3n) is 7.20. The molecule has 1 fully saturated rings. The minimum atomic E-state index is -3.66. The molecule has 0 radical (unpaired) electrons. The van der Waals surface area contributed by atoms with Crippen molar-refractivity contribution in [1.82, 2.24) is 9.29 Å². The SMILES string of the molecule is COc1cc(/C=N/N(C(=O)c2ccc(S(=O)(=O)N3CCC(C)CC3)cc2)c2nc3ccc(Br)cc3s2)cc(OC)c1OC. The number of anilines is 1. The predicted octanol–water partition coefficient (Wildman–Crippen LogP) is 6.19. The number of carbonyl (C=O) groups is 1. The van der Waals surface area contributed by atoms with Crippen LogP contribution in [0.3, 0.4) is 0 Å². The van der Waals surface area contributed by atoms with E-state index in [2.05, 4.69) is 32.9 Å². The maximum absolute atomic E-state index is 13.9. The number of hydrogen-bond donors (Lipinski definition) is 0. The summed E-state index contributed by atoms with van der Waals surface area (Å²) in [7, 11) is 0.894. The van der Waals surface area contributed by atoms with Crippen LogP contribution in [0.15, 0.2) is 69.1 Å². The lowest BCUT2D eigenvalue weighted by molar-refractivity contribution is 0.0987. The first kappa shape index (κ1) is 30.9. The molecule has 0 saturated carbocycles. The summed E-state index contributed by atoms with van der Waals surface area (Å²) in [5.74, 6) is 1.33. The Bertz CT molecular complexity index is 1740. The van der Waals surface area contributed by atoms with E-state index in [9.17, 15) is 13.2 Å². The van der Waals surface area contributed by atoms with Gasteiger partial charge in [0.15, 0.2) is 11.5 Å². The maximum Gasteiger partial charge on any atom is 0.280 e. The standard InChI is InChI=1S/C30H31BrN4O6S2/c1-19-11-13-34(14-12-19)43(37,38)23-8-5-21(6-9-23)29(36)35(30-33-24-10-7-22(31)17-27(24)42-30)32-18-20-15-25(39-2)28(41-4)26(16-20)40-3/h5-10,15-19H,11-14H2,1-4H3/b32-18+. The lowest BCUT2D eigenvalue weighted by Crippen LogP contribution is -2.37. The van der Waals surface area contributed by atoms with Gasteiger partial charge in [-0.3, -0.25) is 4.79 Å². The van der Waals surface area contributed by atoms with Gasteiger partial charge in [0.25, 0.3) is 5.91 Å². The Hall–Kier alpha value is -3.52. The number of sulfonamides is 1. The molecule has 1 aliphatic rings. The molecule has 5 rings (SSSR count). The van der Waals surface area contributed by atoms with Gasteiger partial charge in [0.1, 0.15) is 0 Å². The van der Waals surface area contributed by atoms with Gasteiger partial charge in [-0.1, -0.05) is 34.2 Å². The number of hydrogen-bond acceptors (Lipinski definition) is 9. The summed E-state index contributed by atoms with van der Waals surface area (Å²) < 4.78 is 46.0. The van der Waals surface area contributed by atoms with Crippen molar-refractivity contribution in [3.8, 4) is 17.2 Å². The van der Waals surface area contributed by atoms with Crippen LogP contribution in [0.2, 0.25) is 0 Å². The number of fused-ring (bicyclic) bond motifs is 1. The molecule has 0 spiro atoms. The fourth-order valence-electron chi connectivity index (χ4n) is 4.73. The predicted molar refractivity (Wildman–Crippen MR) is 171 cm³/mol. The number of hydrazone groups is 1. The number of nitrogens with zero attached hydrogens (tertiary/aromatic N) is 4. The smallest absolute Gasteiger partial charge is 0.280 e. The van der Waals surface area contributed by atoms with Crippen LogP contribution in [-0.2, 0) is 10.0 Å². The zero-order chi connectivity index (χ0) is 30.7.